The molecule has 0 amide bonds. The smallest absolute Gasteiger partial charge is 0.0648 e. The topological polar surface area (TPSA) is 16.1 Å². The van der Waals surface area contributed by atoms with Crippen molar-refractivity contribution in [3.05, 3.63) is 44.8 Å². The summed E-state index contributed by atoms with van der Waals surface area (Å²) in [5, 5.41) is 2.10. The molecule has 0 aliphatic rings. The molecule has 5 heteroatoms. The Morgan fingerprint density at radius 1 is 1.47 bits per heavy atom. The van der Waals surface area contributed by atoms with Gasteiger partial charge in [-0.05, 0) is 34.1 Å². The maximum atomic E-state index is 5.78. The van der Waals surface area contributed by atoms with Gasteiger partial charge in [-0.2, -0.15) is 0 Å². The average molecular weight is 332 g/mol. The van der Waals surface area contributed by atoms with Crippen molar-refractivity contribution < 1.29 is 0 Å². The van der Waals surface area contributed by atoms with Gasteiger partial charge in [-0.3, -0.25) is 4.98 Å². The molecule has 0 saturated heterocycles. The van der Waals surface area contributed by atoms with Gasteiger partial charge in [-0.25, -0.2) is 0 Å². The predicted octanol–water partition coefficient (Wildman–Crippen LogP) is 4.28. The summed E-state index contributed by atoms with van der Waals surface area (Å²) in [5.41, 5.74) is 2.04. The molecule has 2 rings (SSSR count). The maximum absolute atomic E-state index is 5.78. The van der Waals surface area contributed by atoms with Crippen LogP contribution in [-0.2, 0) is 12.4 Å². The van der Waals surface area contributed by atoms with Crippen molar-refractivity contribution in [3.8, 4) is 0 Å². The van der Waals surface area contributed by atoms with Crippen LogP contribution in [-0.4, -0.2) is 12.0 Å². The number of rotatable bonds is 4. The monoisotopic (exact) mass is 330 g/mol. The van der Waals surface area contributed by atoms with E-state index in [2.05, 4.69) is 44.3 Å². The van der Waals surface area contributed by atoms with E-state index in [1.165, 1.54) is 4.88 Å². The molecule has 0 saturated carbocycles. The number of halogens is 2. The number of anilines is 1. The van der Waals surface area contributed by atoms with Crippen molar-refractivity contribution >= 4 is 44.6 Å². The van der Waals surface area contributed by atoms with Gasteiger partial charge in [-0.1, -0.05) is 0 Å². The highest BCUT2D eigenvalue weighted by Gasteiger charge is 2.05. The molecule has 0 bridgehead atoms. The van der Waals surface area contributed by atoms with Crippen molar-refractivity contribution in [2.45, 2.75) is 12.4 Å². The first kappa shape index (κ1) is 12.9. The number of nitrogens with zero attached hydrogens (tertiary/aromatic N) is 2. The predicted molar refractivity (Wildman–Crippen MR) is 77.9 cm³/mol. The molecular formula is C12H12BrClN2S. The van der Waals surface area contributed by atoms with Gasteiger partial charge in [-0.15, -0.1) is 22.9 Å². The van der Waals surface area contributed by atoms with E-state index >= 15 is 0 Å². The third-order valence-electron chi connectivity index (χ3n) is 2.39. The average Bonchev–Trinajstić information content (AvgIpc) is 2.75. The van der Waals surface area contributed by atoms with E-state index in [0.29, 0.717) is 5.88 Å². The van der Waals surface area contributed by atoms with Crippen LogP contribution in [0.3, 0.4) is 0 Å². The fourth-order valence-electron chi connectivity index (χ4n) is 1.54. The fourth-order valence-corrected chi connectivity index (χ4v) is 3.19. The Bertz CT molecular complexity index is 501. The lowest BCUT2D eigenvalue weighted by molar-refractivity contribution is 0.933. The van der Waals surface area contributed by atoms with E-state index in [-0.39, 0.29) is 0 Å². The molecular weight excluding hydrogens is 320 g/mol. The molecule has 0 N–H and O–H groups in total. The minimum Gasteiger partial charge on any atom is -0.369 e. The second-order valence-electron chi connectivity index (χ2n) is 3.73. The molecule has 2 heterocycles. The van der Waals surface area contributed by atoms with E-state index in [9.17, 15) is 0 Å². The van der Waals surface area contributed by atoms with E-state index in [0.717, 1.165) is 22.4 Å². The summed E-state index contributed by atoms with van der Waals surface area (Å²) in [7, 11) is 2.07. The fraction of sp³-hybridized carbons (Fsp3) is 0.250. The van der Waals surface area contributed by atoms with Crippen LogP contribution < -0.4 is 4.90 Å². The summed E-state index contributed by atoms with van der Waals surface area (Å²) in [6, 6.07) is 6.17. The van der Waals surface area contributed by atoms with Crippen LogP contribution in [0.4, 0.5) is 5.69 Å². The van der Waals surface area contributed by atoms with Crippen molar-refractivity contribution in [3.63, 3.8) is 0 Å². The molecule has 0 radical (unpaired) electrons. The number of alkyl halides is 1. The van der Waals surface area contributed by atoms with Gasteiger partial charge in [0.25, 0.3) is 0 Å². The molecule has 2 aromatic rings. The van der Waals surface area contributed by atoms with Crippen LogP contribution in [0.1, 0.15) is 10.6 Å². The molecule has 0 aromatic carbocycles. The van der Waals surface area contributed by atoms with Crippen LogP contribution >= 0.6 is 38.9 Å². The minimum absolute atomic E-state index is 0.451. The molecule has 2 nitrogen and oxygen atoms in total. The SMILES string of the molecule is CN(Cc1cc(Br)cs1)c1ccnc(CCl)c1. The Balaban J connectivity index is 2.11. The molecule has 90 valence electrons. The Labute approximate surface area is 118 Å². The second kappa shape index (κ2) is 5.85. The van der Waals surface area contributed by atoms with Crippen LogP contribution in [0.2, 0.25) is 0 Å². The first-order valence-corrected chi connectivity index (χ1v) is 7.34. The van der Waals surface area contributed by atoms with Gasteiger partial charge in [0.05, 0.1) is 18.1 Å². The third kappa shape index (κ3) is 3.44. The number of aromatic nitrogens is 1. The van der Waals surface area contributed by atoms with Crippen LogP contribution in [0.15, 0.2) is 34.2 Å². The Hall–Kier alpha value is -0.580. The zero-order chi connectivity index (χ0) is 12.3. The van der Waals surface area contributed by atoms with E-state index in [4.69, 9.17) is 11.6 Å². The number of hydrogen-bond acceptors (Lipinski definition) is 3. The molecule has 0 spiro atoms. The van der Waals surface area contributed by atoms with Gasteiger partial charge in [0.1, 0.15) is 0 Å². The number of hydrogen-bond donors (Lipinski definition) is 0. The van der Waals surface area contributed by atoms with E-state index in [1.54, 1.807) is 17.5 Å². The zero-order valence-electron chi connectivity index (χ0n) is 9.36. The van der Waals surface area contributed by atoms with Crippen LogP contribution in [0, 0.1) is 0 Å². The largest absolute Gasteiger partial charge is 0.369 e. The maximum Gasteiger partial charge on any atom is 0.0648 e. The summed E-state index contributed by atoms with van der Waals surface area (Å²) < 4.78 is 1.14. The standard InChI is InChI=1S/C12H12BrClN2S/c1-16(7-12-4-9(13)8-17-12)11-2-3-15-10(5-11)6-14/h2-5,8H,6-7H2,1H3. The second-order valence-corrected chi connectivity index (χ2v) is 5.91. The van der Waals surface area contributed by atoms with Crippen molar-refractivity contribution in [1.29, 1.82) is 0 Å². The van der Waals surface area contributed by atoms with Crippen molar-refractivity contribution in [2.24, 2.45) is 0 Å². The molecule has 0 atom stereocenters. The van der Waals surface area contributed by atoms with Gasteiger partial charge >= 0.3 is 0 Å². The highest BCUT2D eigenvalue weighted by Crippen LogP contribution is 2.23. The summed E-state index contributed by atoms with van der Waals surface area (Å²) in [6.07, 6.45) is 1.80. The highest BCUT2D eigenvalue weighted by molar-refractivity contribution is 9.10. The molecule has 2 aromatic heterocycles. The minimum atomic E-state index is 0.451. The lowest BCUT2D eigenvalue weighted by atomic mass is 10.3. The summed E-state index contributed by atoms with van der Waals surface area (Å²) in [4.78, 5) is 7.70. The van der Waals surface area contributed by atoms with E-state index in [1.807, 2.05) is 12.1 Å². The molecule has 0 fully saturated rings. The lowest BCUT2D eigenvalue weighted by Gasteiger charge is -2.18. The molecule has 17 heavy (non-hydrogen) atoms. The summed E-state index contributed by atoms with van der Waals surface area (Å²) >= 11 is 11.0. The first-order valence-electron chi connectivity index (χ1n) is 5.14. The normalized spacial score (nSPS) is 10.5. The van der Waals surface area contributed by atoms with Crippen LogP contribution in [0.5, 0.6) is 0 Å². The molecule has 0 aliphatic carbocycles. The Kier molecular flexibility index (Phi) is 4.42. The Morgan fingerprint density at radius 2 is 2.29 bits per heavy atom. The quantitative estimate of drug-likeness (QED) is 0.777. The van der Waals surface area contributed by atoms with Crippen molar-refractivity contribution in [2.75, 3.05) is 11.9 Å². The van der Waals surface area contributed by atoms with Crippen LogP contribution in [0.25, 0.3) is 0 Å². The Morgan fingerprint density at radius 3 is 2.94 bits per heavy atom. The summed E-state index contributed by atoms with van der Waals surface area (Å²) in [6.45, 7) is 0.891. The number of pyridine rings is 1. The van der Waals surface area contributed by atoms with Crippen molar-refractivity contribution in [1.82, 2.24) is 4.98 Å². The number of thiophene rings is 1. The zero-order valence-corrected chi connectivity index (χ0v) is 12.5. The molecule has 0 unspecified atom stereocenters. The lowest BCUT2D eigenvalue weighted by Crippen LogP contribution is -2.15. The van der Waals surface area contributed by atoms with Gasteiger partial charge in [0.2, 0.25) is 0 Å². The van der Waals surface area contributed by atoms with Gasteiger partial charge in [0, 0.05) is 33.7 Å². The van der Waals surface area contributed by atoms with E-state index < -0.39 is 0 Å². The highest BCUT2D eigenvalue weighted by atomic mass is 79.9. The van der Waals surface area contributed by atoms with Gasteiger partial charge in [0.15, 0.2) is 0 Å². The molecule has 0 aliphatic heterocycles. The third-order valence-corrected chi connectivity index (χ3v) is 4.35. The van der Waals surface area contributed by atoms with Gasteiger partial charge < -0.3 is 4.90 Å². The first-order chi connectivity index (χ1) is 8.19. The summed E-state index contributed by atoms with van der Waals surface area (Å²) in [5.74, 6) is 0.451.